The molecule has 6 nitrogen and oxygen atoms in total. The highest BCUT2D eigenvalue weighted by molar-refractivity contribution is 5.79. The van der Waals surface area contributed by atoms with Gasteiger partial charge >= 0.3 is 6.09 Å². The molecule has 4 aliphatic rings. The standard InChI is InChI=1S/C29H27NO5/c31-28(33-16-25-23-7-3-1-5-21(23)22-6-2-4-8-24(22)25)30-19-10-11-20(30)15-29(32,14-19)18-9-12-26-27(13-18)35-17-34-26/h1-9,12-13,19-20,25,32H,10-11,14-17H2. The molecule has 35 heavy (non-hydrogen) atoms. The lowest BCUT2D eigenvalue weighted by atomic mass is 9.80. The van der Waals surface area contributed by atoms with Gasteiger partial charge in [0.05, 0.1) is 5.60 Å². The van der Waals surface area contributed by atoms with Crippen LogP contribution in [-0.2, 0) is 10.3 Å². The van der Waals surface area contributed by atoms with Crippen molar-refractivity contribution in [2.45, 2.75) is 49.3 Å². The van der Waals surface area contributed by atoms with Gasteiger partial charge in [0.15, 0.2) is 11.5 Å². The van der Waals surface area contributed by atoms with Crippen LogP contribution in [0.5, 0.6) is 11.5 Å². The Labute approximate surface area is 204 Å². The summed E-state index contributed by atoms with van der Waals surface area (Å²) >= 11 is 0. The molecule has 3 heterocycles. The zero-order chi connectivity index (χ0) is 23.6. The molecule has 2 fully saturated rings. The summed E-state index contributed by atoms with van der Waals surface area (Å²) in [6.07, 6.45) is 2.47. The topological polar surface area (TPSA) is 68.2 Å². The number of fused-ring (bicyclic) bond motifs is 6. The Morgan fingerprint density at radius 2 is 1.54 bits per heavy atom. The summed E-state index contributed by atoms with van der Waals surface area (Å²) in [5, 5.41) is 11.6. The first-order valence-electron chi connectivity index (χ1n) is 12.4. The van der Waals surface area contributed by atoms with Crippen LogP contribution in [0.25, 0.3) is 11.1 Å². The second kappa shape index (κ2) is 7.75. The summed E-state index contributed by atoms with van der Waals surface area (Å²) in [5.74, 6) is 1.41. The molecule has 2 bridgehead atoms. The summed E-state index contributed by atoms with van der Waals surface area (Å²) < 4.78 is 16.9. The van der Waals surface area contributed by atoms with E-state index in [1.165, 1.54) is 22.3 Å². The van der Waals surface area contributed by atoms with Gasteiger partial charge in [0.25, 0.3) is 0 Å². The molecule has 2 unspecified atom stereocenters. The largest absolute Gasteiger partial charge is 0.454 e. The molecule has 2 saturated heterocycles. The Balaban J connectivity index is 1.08. The number of benzene rings is 3. The molecule has 178 valence electrons. The number of hydrogen-bond donors (Lipinski definition) is 1. The van der Waals surface area contributed by atoms with E-state index in [0.717, 1.165) is 18.4 Å². The molecule has 0 aromatic heterocycles. The molecule has 0 spiro atoms. The van der Waals surface area contributed by atoms with Gasteiger partial charge in [0, 0.05) is 30.8 Å². The number of piperidine rings is 1. The molecule has 3 aromatic rings. The van der Waals surface area contributed by atoms with Crippen molar-refractivity contribution in [3.8, 4) is 22.6 Å². The van der Waals surface area contributed by atoms with Crippen LogP contribution in [0.1, 0.15) is 48.3 Å². The van der Waals surface area contributed by atoms with E-state index in [-0.39, 0.29) is 30.9 Å². The van der Waals surface area contributed by atoms with Gasteiger partial charge in [-0.2, -0.15) is 0 Å². The van der Waals surface area contributed by atoms with E-state index in [2.05, 4.69) is 36.4 Å². The molecule has 1 amide bonds. The molecule has 0 saturated carbocycles. The van der Waals surface area contributed by atoms with Crippen LogP contribution < -0.4 is 9.47 Å². The summed E-state index contributed by atoms with van der Waals surface area (Å²) in [5.41, 5.74) is 4.69. The predicted octanol–water partition coefficient (Wildman–Crippen LogP) is 5.18. The molecular formula is C29H27NO5. The maximum Gasteiger partial charge on any atom is 0.410 e. The van der Waals surface area contributed by atoms with Crippen molar-refractivity contribution in [2.24, 2.45) is 0 Å². The highest BCUT2D eigenvalue weighted by Crippen LogP contribution is 2.48. The van der Waals surface area contributed by atoms with Gasteiger partial charge in [-0.15, -0.1) is 0 Å². The van der Waals surface area contributed by atoms with Crippen LogP contribution in [0.4, 0.5) is 4.79 Å². The number of aliphatic hydroxyl groups is 1. The van der Waals surface area contributed by atoms with Crippen LogP contribution >= 0.6 is 0 Å². The van der Waals surface area contributed by atoms with Gasteiger partial charge in [0.1, 0.15) is 6.61 Å². The summed E-state index contributed by atoms with van der Waals surface area (Å²) in [6.45, 7) is 0.521. The minimum atomic E-state index is -0.993. The van der Waals surface area contributed by atoms with Crippen molar-refractivity contribution in [3.05, 3.63) is 83.4 Å². The number of carbonyl (C=O) groups is 1. The monoisotopic (exact) mass is 469 g/mol. The summed E-state index contributed by atoms with van der Waals surface area (Å²) in [4.78, 5) is 15.2. The normalized spacial score (nSPS) is 25.9. The van der Waals surface area contributed by atoms with E-state index in [1.54, 1.807) is 0 Å². The average Bonchev–Trinajstić information content (AvgIpc) is 3.55. The van der Waals surface area contributed by atoms with Crippen molar-refractivity contribution < 1.29 is 24.1 Å². The molecule has 7 rings (SSSR count). The van der Waals surface area contributed by atoms with Crippen LogP contribution in [0.3, 0.4) is 0 Å². The van der Waals surface area contributed by atoms with Gasteiger partial charge in [-0.1, -0.05) is 54.6 Å². The molecule has 1 aliphatic carbocycles. The van der Waals surface area contributed by atoms with Crippen molar-refractivity contribution >= 4 is 6.09 Å². The Morgan fingerprint density at radius 3 is 2.23 bits per heavy atom. The third-order valence-corrected chi connectivity index (χ3v) is 8.22. The number of amides is 1. The quantitative estimate of drug-likeness (QED) is 0.573. The fourth-order valence-electron chi connectivity index (χ4n) is 6.61. The Kier molecular flexibility index (Phi) is 4.61. The van der Waals surface area contributed by atoms with E-state index in [0.29, 0.717) is 30.9 Å². The molecule has 3 aliphatic heterocycles. The van der Waals surface area contributed by atoms with Gasteiger partial charge < -0.3 is 24.2 Å². The van der Waals surface area contributed by atoms with E-state index in [9.17, 15) is 9.90 Å². The first kappa shape index (κ1) is 20.8. The minimum absolute atomic E-state index is 0.0411. The van der Waals surface area contributed by atoms with Gasteiger partial charge in [-0.3, -0.25) is 0 Å². The lowest BCUT2D eigenvalue weighted by Gasteiger charge is -2.43. The number of hydrogen-bond acceptors (Lipinski definition) is 5. The van der Waals surface area contributed by atoms with Crippen molar-refractivity contribution in [1.82, 2.24) is 4.90 Å². The molecule has 6 heteroatoms. The summed E-state index contributed by atoms with van der Waals surface area (Å²) in [7, 11) is 0. The Hall–Kier alpha value is -3.51. The zero-order valence-corrected chi connectivity index (χ0v) is 19.4. The van der Waals surface area contributed by atoms with Crippen LogP contribution in [0.15, 0.2) is 66.7 Å². The number of carbonyl (C=O) groups excluding carboxylic acids is 1. The smallest absolute Gasteiger partial charge is 0.410 e. The molecule has 2 atom stereocenters. The molecular weight excluding hydrogens is 442 g/mol. The predicted molar refractivity (Wildman–Crippen MR) is 129 cm³/mol. The van der Waals surface area contributed by atoms with Crippen LogP contribution in [0, 0.1) is 0 Å². The first-order valence-corrected chi connectivity index (χ1v) is 12.4. The maximum absolute atomic E-state index is 13.3. The van der Waals surface area contributed by atoms with E-state index in [1.807, 2.05) is 35.2 Å². The number of rotatable bonds is 3. The second-order valence-electron chi connectivity index (χ2n) is 10.1. The number of ether oxygens (including phenoxy) is 3. The van der Waals surface area contributed by atoms with Crippen LogP contribution in [-0.4, -0.2) is 41.6 Å². The van der Waals surface area contributed by atoms with E-state index >= 15 is 0 Å². The summed E-state index contributed by atoms with van der Waals surface area (Å²) in [6, 6.07) is 22.3. The average molecular weight is 470 g/mol. The first-order chi connectivity index (χ1) is 17.1. The van der Waals surface area contributed by atoms with Gasteiger partial charge in [-0.05, 0) is 52.8 Å². The molecule has 3 aromatic carbocycles. The fourth-order valence-corrected chi connectivity index (χ4v) is 6.61. The Bertz CT molecular complexity index is 1260. The number of nitrogens with zero attached hydrogens (tertiary/aromatic N) is 1. The zero-order valence-electron chi connectivity index (χ0n) is 19.4. The fraction of sp³-hybridized carbons (Fsp3) is 0.345. The lowest BCUT2D eigenvalue weighted by Crippen LogP contribution is -2.52. The lowest BCUT2D eigenvalue weighted by molar-refractivity contribution is -0.0532. The van der Waals surface area contributed by atoms with Crippen molar-refractivity contribution in [3.63, 3.8) is 0 Å². The maximum atomic E-state index is 13.3. The third kappa shape index (κ3) is 3.23. The molecule has 1 N–H and O–H groups in total. The molecule has 0 radical (unpaired) electrons. The third-order valence-electron chi connectivity index (χ3n) is 8.22. The van der Waals surface area contributed by atoms with Crippen molar-refractivity contribution in [2.75, 3.05) is 13.4 Å². The Morgan fingerprint density at radius 1 is 0.914 bits per heavy atom. The van der Waals surface area contributed by atoms with E-state index in [4.69, 9.17) is 14.2 Å². The van der Waals surface area contributed by atoms with Gasteiger partial charge in [-0.25, -0.2) is 4.79 Å². The minimum Gasteiger partial charge on any atom is -0.454 e. The van der Waals surface area contributed by atoms with Gasteiger partial charge in [0.2, 0.25) is 6.79 Å². The highest BCUT2D eigenvalue weighted by Gasteiger charge is 2.51. The van der Waals surface area contributed by atoms with Crippen LogP contribution in [0.2, 0.25) is 0 Å². The second-order valence-corrected chi connectivity index (χ2v) is 10.1. The van der Waals surface area contributed by atoms with E-state index < -0.39 is 5.60 Å². The SMILES string of the molecule is O=C(OCC1c2ccccc2-c2ccccc21)N1C2CCC1CC(O)(c1ccc3c(c1)OCO3)C2. The van der Waals surface area contributed by atoms with Crippen molar-refractivity contribution in [1.29, 1.82) is 0 Å². The highest BCUT2D eigenvalue weighted by atomic mass is 16.7.